The Labute approximate surface area is 116 Å². The third-order valence-corrected chi connectivity index (χ3v) is 4.16. The zero-order chi connectivity index (χ0) is 14.3. The van der Waals surface area contributed by atoms with Crippen molar-refractivity contribution in [1.29, 1.82) is 0 Å². The predicted molar refractivity (Wildman–Crippen MR) is 75.9 cm³/mol. The molecule has 0 unspecified atom stereocenters. The molecule has 20 heavy (non-hydrogen) atoms. The summed E-state index contributed by atoms with van der Waals surface area (Å²) in [6.45, 7) is 0. The van der Waals surface area contributed by atoms with Gasteiger partial charge in [-0.2, -0.15) is 0 Å². The van der Waals surface area contributed by atoms with Gasteiger partial charge < -0.3 is 16.0 Å². The van der Waals surface area contributed by atoms with Gasteiger partial charge in [-0.25, -0.2) is 4.39 Å². The summed E-state index contributed by atoms with van der Waals surface area (Å²) < 4.78 is 15.3. The van der Waals surface area contributed by atoms with Gasteiger partial charge >= 0.3 is 0 Å². The average molecular weight is 275 g/mol. The number of carbonyl (C=O) groups is 1. The third-order valence-electron chi connectivity index (χ3n) is 4.16. The molecule has 106 valence electrons. The second kappa shape index (κ2) is 4.90. The maximum Gasteiger partial charge on any atom is 0.265 e. The van der Waals surface area contributed by atoms with E-state index in [1.54, 1.807) is 12.1 Å². The van der Waals surface area contributed by atoms with E-state index in [1.165, 1.54) is 12.1 Å². The van der Waals surface area contributed by atoms with Crippen LogP contribution < -0.4 is 11.5 Å². The molecule has 4 nitrogen and oxygen atoms in total. The Morgan fingerprint density at radius 3 is 2.55 bits per heavy atom. The highest BCUT2D eigenvalue weighted by Gasteiger charge is 2.24. The van der Waals surface area contributed by atoms with E-state index in [0.717, 1.165) is 31.2 Å². The van der Waals surface area contributed by atoms with Crippen LogP contribution in [0.5, 0.6) is 0 Å². The molecule has 1 amide bonds. The standard InChI is InChI=1S/C15H18FN3O/c16-10-1-6-13-9(7-10)8-14(15(18)20)19(13)12-4-2-11(17)3-5-12/h1,6-8,11-12H,2-5,17H2,(H2,18,20). The highest BCUT2D eigenvalue weighted by molar-refractivity contribution is 5.98. The van der Waals surface area contributed by atoms with Gasteiger partial charge in [-0.3, -0.25) is 4.79 Å². The number of nitrogens with zero attached hydrogens (tertiary/aromatic N) is 1. The number of amides is 1. The molecule has 2 aromatic rings. The Hall–Kier alpha value is -1.88. The SMILES string of the molecule is NC(=O)c1cc2cc(F)ccc2n1C1CCC(N)CC1. The quantitative estimate of drug-likeness (QED) is 0.882. The molecule has 0 aliphatic heterocycles. The van der Waals surface area contributed by atoms with E-state index in [4.69, 9.17) is 11.5 Å². The van der Waals surface area contributed by atoms with E-state index in [0.29, 0.717) is 11.1 Å². The molecule has 0 bridgehead atoms. The predicted octanol–water partition coefficient (Wildman–Crippen LogP) is 2.32. The smallest absolute Gasteiger partial charge is 0.265 e. The van der Waals surface area contributed by atoms with Crippen molar-refractivity contribution in [3.05, 3.63) is 35.8 Å². The maximum atomic E-state index is 13.3. The summed E-state index contributed by atoms with van der Waals surface area (Å²) in [5, 5.41) is 0.716. The highest BCUT2D eigenvalue weighted by Crippen LogP contribution is 2.33. The van der Waals surface area contributed by atoms with Crippen molar-refractivity contribution in [1.82, 2.24) is 4.57 Å². The van der Waals surface area contributed by atoms with Gasteiger partial charge in [0.2, 0.25) is 0 Å². The monoisotopic (exact) mass is 275 g/mol. The summed E-state index contributed by atoms with van der Waals surface area (Å²) >= 11 is 0. The molecular weight excluding hydrogens is 257 g/mol. The molecule has 0 atom stereocenters. The van der Waals surface area contributed by atoms with Crippen molar-refractivity contribution in [2.24, 2.45) is 11.5 Å². The summed E-state index contributed by atoms with van der Waals surface area (Å²) in [5.41, 5.74) is 12.7. The fourth-order valence-electron chi connectivity index (χ4n) is 3.15. The van der Waals surface area contributed by atoms with Crippen LogP contribution in [0.15, 0.2) is 24.3 Å². The zero-order valence-corrected chi connectivity index (χ0v) is 11.2. The van der Waals surface area contributed by atoms with Gasteiger partial charge in [0.25, 0.3) is 5.91 Å². The number of aromatic nitrogens is 1. The molecule has 5 heteroatoms. The van der Waals surface area contributed by atoms with E-state index in [1.807, 2.05) is 4.57 Å². The van der Waals surface area contributed by atoms with Crippen LogP contribution >= 0.6 is 0 Å². The van der Waals surface area contributed by atoms with Gasteiger partial charge in [-0.15, -0.1) is 0 Å². The van der Waals surface area contributed by atoms with Crippen molar-refractivity contribution in [3.63, 3.8) is 0 Å². The van der Waals surface area contributed by atoms with E-state index in [2.05, 4.69) is 0 Å². The second-order valence-electron chi connectivity index (χ2n) is 5.54. The minimum Gasteiger partial charge on any atom is -0.364 e. The number of carbonyl (C=O) groups excluding carboxylic acids is 1. The van der Waals surface area contributed by atoms with Crippen LogP contribution in [0.1, 0.15) is 42.2 Å². The van der Waals surface area contributed by atoms with E-state index < -0.39 is 5.91 Å². The van der Waals surface area contributed by atoms with Gasteiger partial charge in [0.05, 0.1) is 0 Å². The number of hydrogen-bond acceptors (Lipinski definition) is 2. The number of hydrogen-bond donors (Lipinski definition) is 2. The van der Waals surface area contributed by atoms with Gasteiger partial charge in [-0.1, -0.05) is 0 Å². The van der Waals surface area contributed by atoms with Crippen molar-refractivity contribution < 1.29 is 9.18 Å². The van der Waals surface area contributed by atoms with Gasteiger partial charge in [-0.05, 0) is 49.9 Å². The molecule has 0 radical (unpaired) electrons. The number of halogens is 1. The van der Waals surface area contributed by atoms with Gasteiger partial charge in [0.1, 0.15) is 11.5 Å². The number of fused-ring (bicyclic) bond motifs is 1. The zero-order valence-electron chi connectivity index (χ0n) is 11.2. The Kier molecular flexibility index (Phi) is 3.22. The minimum atomic E-state index is -0.475. The van der Waals surface area contributed by atoms with Crippen molar-refractivity contribution in [2.45, 2.75) is 37.8 Å². The number of benzene rings is 1. The van der Waals surface area contributed by atoms with Gasteiger partial charge in [0.15, 0.2) is 0 Å². The van der Waals surface area contributed by atoms with E-state index >= 15 is 0 Å². The Balaban J connectivity index is 2.11. The number of rotatable bonds is 2. The lowest BCUT2D eigenvalue weighted by Crippen LogP contribution is -2.29. The number of primary amides is 1. The topological polar surface area (TPSA) is 74.0 Å². The van der Waals surface area contributed by atoms with Crippen LogP contribution in [-0.4, -0.2) is 16.5 Å². The molecule has 1 aliphatic rings. The third kappa shape index (κ3) is 2.18. The highest BCUT2D eigenvalue weighted by atomic mass is 19.1. The first-order chi connectivity index (χ1) is 9.56. The van der Waals surface area contributed by atoms with Crippen LogP contribution in [-0.2, 0) is 0 Å². The average Bonchev–Trinajstić information content (AvgIpc) is 2.78. The molecule has 0 saturated heterocycles. The van der Waals surface area contributed by atoms with Crippen LogP contribution in [0.2, 0.25) is 0 Å². The molecule has 1 aliphatic carbocycles. The lowest BCUT2D eigenvalue weighted by molar-refractivity contribution is 0.0988. The number of nitrogens with two attached hydrogens (primary N) is 2. The maximum absolute atomic E-state index is 13.3. The van der Waals surface area contributed by atoms with E-state index in [9.17, 15) is 9.18 Å². The Morgan fingerprint density at radius 2 is 1.90 bits per heavy atom. The molecule has 1 aromatic heterocycles. The van der Waals surface area contributed by atoms with Crippen molar-refractivity contribution in [3.8, 4) is 0 Å². The summed E-state index contributed by atoms with van der Waals surface area (Å²) in [4.78, 5) is 11.7. The first-order valence-corrected chi connectivity index (χ1v) is 6.92. The Bertz CT molecular complexity index is 656. The summed E-state index contributed by atoms with van der Waals surface area (Å²) in [5.74, 6) is -0.784. The molecule has 4 N–H and O–H groups in total. The second-order valence-corrected chi connectivity index (χ2v) is 5.54. The molecule has 1 aromatic carbocycles. The summed E-state index contributed by atoms with van der Waals surface area (Å²) in [7, 11) is 0. The first kappa shape index (κ1) is 13.1. The van der Waals surface area contributed by atoms with E-state index in [-0.39, 0.29) is 17.9 Å². The van der Waals surface area contributed by atoms with Crippen LogP contribution in [0.4, 0.5) is 4.39 Å². The molecule has 0 spiro atoms. The fraction of sp³-hybridized carbons (Fsp3) is 0.400. The summed E-state index contributed by atoms with van der Waals surface area (Å²) in [6.07, 6.45) is 3.71. The fourth-order valence-corrected chi connectivity index (χ4v) is 3.15. The molecule has 1 fully saturated rings. The molecule has 3 rings (SSSR count). The lowest BCUT2D eigenvalue weighted by Gasteiger charge is -2.29. The normalized spacial score (nSPS) is 23.1. The summed E-state index contributed by atoms with van der Waals surface area (Å²) in [6, 6.07) is 6.69. The van der Waals surface area contributed by atoms with Crippen molar-refractivity contribution in [2.75, 3.05) is 0 Å². The van der Waals surface area contributed by atoms with Crippen molar-refractivity contribution >= 4 is 16.8 Å². The van der Waals surface area contributed by atoms with Crippen LogP contribution in [0.25, 0.3) is 10.9 Å². The van der Waals surface area contributed by atoms with Gasteiger partial charge in [0, 0.05) is 23.0 Å². The Morgan fingerprint density at radius 1 is 1.20 bits per heavy atom. The minimum absolute atomic E-state index is 0.209. The molecule has 1 saturated carbocycles. The first-order valence-electron chi connectivity index (χ1n) is 6.92. The van der Waals surface area contributed by atoms with Crippen LogP contribution in [0.3, 0.4) is 0 Å². The van der Waals surface area contributed by atoms with Crippen LogP contribution in [0, 0.1) is 5.82 Å². The molecular formula is C15H18FN3O. The molecule has 1 heterocycles. The largest absolute Gasteiger partial charge is 0.364 e. The lowest BCUT2D eigenvalue weighted by atomic mass is 9.91.